The van der Waals surface area contributed by atoms with Gasteiger partial charge in [-0.3, -0.25) is 4.57 Å². The molecule has 0 saturated heterocycles. The maximum Gasteiger partial charge on any atom is 0.163 e. The lowest BCUT2D eigenvalue weighted by molar-refractivity contribution is 0.928. The molecule has 12 rings (SSSR count). The average molecular weight is 939 g/mol. The molecule has 0 aliphatic rings. The summed E-state index contributed by atoms with van der Waals surface area (Å²) in [5.41, 5.74) is 9.84. The second kappa shape index (κ2) is 16.8. The second-order valence-electron chi connectivity index (χ2n) is 17.8. The molecular formula is C56H42N16. The van der Waals surface area contributed by atoms with Gasteiger partial charge in [-0.2, -0.15) is 5.26 Å². The van der Waals surface area contributed by atoms with Crippen molar-refractivity contribution in [2.45, 2.75) is 55.4 Å². The molecule has 0 aliphatic heterocycles. The van der Waals surface area contributed by atoms with E-state index in [1.54, 1.807) is 0 Å². The highest BCUT2D eigenvalue weighted by Crippen LogP contribution is 2.42. The highest BCUT2D eigenvalue weighted by molar-refractivity contribution is 6.13. The molecule has 0 atom stereocenters. The summed E-state index contributed by atoms with van der Waals surface area (Å²) in [5, 5.41) is 14.5. The topological polar surface area (TPSA) is 201 Å². The first-order valence-corrected chi connectivity index (χ1v) is 23.3. The summed E-state index contributed by atoms with van der Waals surface area (Å²) in [7, 11) is 0. The van der Waals surface area contributed by atoms with Gasteiger partial charge in [-0.25, -0.2) is 64.8 Å². The molecule has 0 radical (unpaired) electrons. The minimum Gasteiger partial charge on any atom is -0.307 e. The van der Waals surface area contributed by atoms with Crippen LogP contribution in [0.15, 0.2) is 109 Å². The van der Waals surface area contributed by atoms with Crippen molar-refractivity contribution in [1.29, 1.82) is 5.26 Å². The third kappa shape index (κ3) is 7.51. The molecule has 7 heterocycles. The van der Waals surface area contributed by atoms with Crippen molar-refractivity contribution in [2.24, 2.45) is 0 Å². The normalized spacial score (nSPS) is 11.6. The van der Waals surface area contributed by atoms with Crippen LogP contribution in [-0.4, -0.2) is 73.9 Å². The van der Waals surface area contributed by atoms with Gasteiger partial charge < -0.3 is 4.57 Å². The number of fused-ring (bicyclic) bond motifs is 6. The fourth-order valence-electron chi connectivity index (χ4n) is 9.86. The van der Waals surface area contributed by atoms with E-state index in [9.17, 15) is 5.26 Å². The van der Waals surface area contributed by atoms with Crippen molar-refractivity contribution >= 4 is 43.6 Å². The lowest BCUT2D eigenvalue weighted by Gasteiger charge is -2.17. The third-order valence-electron chi connectivity index (χ3n) is 12.7. The molecule has 0 spiro atoms. The highest BCUT2D eigenvalue weighted by atomic mass is 15.1. The molecule has 0 fully saturated rings. The molecule has 0 N–H and O–H groups in total. The summed E-state index contributed by atoms with van der Waals surface area (Å²) in [4.78, 5) is 60.9. The van der Waals surface area contributed by atoms with Crippen molar-refractivity contribution in [3.05, 3.63) is 161 Å². The zero-order valence-electron chi connectivity index (χ0n) is 40.5. The van der Waals surface area contributed by atoms with Gasteiger partial charge in [-0.05, 0) is 140 Å². The van der Waals surface area contributed by atoms with Gasteiger partial charge in [0.25, 0.3) is 0 Å². The van der Waals surface area contributed by atoms with E-state index < -0.39 is 0 Å². The molecule has 0 amide bonds. The monoisotopic (exact) mass is 938 g/mol. The second-order valence-corrected chi connectivity index (χ2v) is 17.8. The number of aryl methyl sites for hydroxylation is 8. The molecule has 16 heteroatoms. The van der Waals surface area contributed by atoms with Crippen LogP contribution in [0.25, 0.3) is 112 Å². The van der Waals surface area contributed by atoms with Crippen LogP contribution in [0.2, 0.25) is 0 Å². The van der Waals surface area contributed by atoms with E-state index in [-0.39, 0.29) is 0 Å². The predicted octanol–water partition coefficient (Wildman–Crippen LogP) is 10.7. The van der Waals surface area contributed by atoms with Crippen LogP contribution in [0.1, 0.15) is 52.2 Å². The Balaban J connectivity index is 1.13. The van der Waals surface area contributed by atoms with E-state index in [0.29, 0.717) is 81.3 Å². The van der Waals surface area contributed by atoms with Gasteiger partial charge >= 0.3 is 0 Å². The maximum absolute atomic E-state index is 10.7. The summed E-state index contributed by atoms with van der Waals surface area (Å²) < 4.78 is 4.38. The quantitative estimate of drug-likeness (QED) is 0.146. The summed E-state index contributed by atoms with van der Waals surface area (Å²) in [6.07, 6.45) is 1.91. The molecule has 0 saturated carbocycles. The fraction of sp³-hybridized carbons (Fsp3) is 0.143. The van der Waals surface area contributed by atoms with Crippen LogP contribution in [0.4, 0.5) is 0 Å². The number of hydrogen-bond acceptors (Lipinski definition) is 14. The van der Waals surface area contributed by atoms with Crippen LogP contribution in [0.5, 0.6) is 0 Å². The Morgan fingerprint density at radius 2 is 0.694 bits per heavy atom. The maximum atomic E-state index is 10.7. The highest BCUT2D eigenvalue weighted by Gasteiger charge is 2.23. The Kier molecular flexibility index (Phi) is 10.2. The summed E-state index contributed by atoms with van der Waals surface area (Å²) in [5.74, 6) is 8.10. The number of benzene rings is 5. The molecule has 16 nitrogen and oxygen atoms in total. The van der Waals surface area contributed by atoms with Gasteiger partial charge in [-0.15, -0.1) is 0 Å². The number of nitrogens with zero attached hydrogens (tertiary/aromatic N) is 16. The summed E-state index contributed by atoms with van der Waals surface area (Å²) >= 11 is 0. The van der Waals surface area contributed by atoms with Crippen LogP contribution in [0, 0.1) is 66.7 Å². The molecule has 72 heavy (non-hydrogen) atoms. The van der Waals surface area contributed by atoms with Crippen molar-refractivity contribution in [1.82, 2.24) is 73.9 Å². The predicted molar refractivity (Wildman–Crippen MR) is 276 cm³/mol. The Morgan fingerprint density at radius 1 is 0.361 bits per heavy atom. The van der Waals surface area contributed by atoms with Gasteiger partial charge in [-0.1, -0.05) is 18.2 Å². The smallest absolute Gasteiger partial charge is 0.163 e. The first-order valence-electron chi connectivity index (χ1n) is 23.3. The standard InChI is InChI=1S/C56H42N16/c1-28-59-29(2)64-53(63-28)36-13-17-47-42(21-36)43-22-37(54-65-30(3)60-31(4)66-54)14-18-48(43)71(47)51-27-58-52(25-46(51)41-12-10-9-11-40(41)26-57)72-49-19-15-38(55-67-32(5)61-33(6)68-55)23-44(49)45-24-39(16-20-50(45)72)56-69-34(7)62-35(8)70-56/h9-25,27H,1-8H3. The first kappa shape index (κ1) is 43.6. The Hall–Kier alpha value is -9.62. The van der Waals surface area contributed by atoms with Crippen LogP contribution in [-0.2, 0) is 0 Å². The molecule has 0 aliphatic carbocycles. The molecule has 346 valence electrons. The Labute approximate surface area is 412 Å². The molecule has 5 aromatic carbocycles. The van der Waals surface area contributed by atoms with E-state index in [0.717, 1.165) is 82.7 Å². The van der Waals surface area contributed by atoms with E-state index in [1.165, 1.54) is 0 Å². The number of pyridine rings is 1. The minimum atomic E-state index is 0.518. The zero-order chi connectivity index (χ0) is 49.5. The number of aromatic nitrogens is 15. The van der Waals surface area contributed by atoms with Crippen LogP contribution >= 0.6 is 0 Å². The van der Waals surface area contributed by atoms with Crippen molar-refractivity contribution in [2.75, 3.05) is 0 Å². The van der Waals surface area contributed by atoms with Crippen molar-refractivity contribution in [3.8, 4) is 74.3 Å². The zero-order valence-corrected chi connectivity index (χ0v) is 40.5. The van der Waals surface area contributed by atoms with E-state index in [1.807, 2.05) is 110 Å². The van der Waals surface area contributed by atoms with Crippen LogP contribution < -0.4 is 0 Å². The number of nitriles is 1. The Morgan fingerprint density at radius 3 is 1.04 bits per heavy atom. The largest absolute Gasteiger partial charge is 0.307 e. The first-order chi connectivity index (χ1) is 34.8. The molecular weight excluding hydrogens is 897 g/mol. The van der Waals surface area contributed by atoms with Crippen molar-refractivity contribution < 1.29 is 0 Å². The van der Waals surface area contributed by atoms with Crippen LogP contribution in [0.3, 0.4) is 0 Å². The number of rotatable bonds is 7. The molecule has 12 aromatic rings. The van der Waals surface area contributed by atoms with Gasteiger partial charge in [0, 0.05) is 54.9 Å². The summed E-state index contributed by atoms with van der Waals surface area (Å²) in [6.45, 7) is 15.0. The summed E-state index contributed by atoms with van der Waals surface area (Å²) in [6, 6.07) is 37.2. The minimum absolute atomic E-state index is 0.518. The average Bonchev–Trinajstić information content (AvgIpc) is 3.86. The Bertz CT molecular complexity index is 4000. The molecule has 0 unspecified atom stereocenters. The van der Waals surface area contributed by atoms with Gasteiger partial charge in [0.2, 0.25) is 0 Å². The van der Waals surface area contributed by atoms with Crippen molar-refractivity contribution in [3.63, 3.8) is 0 Å². The van der Waals surface area contributed by atoms with E-state index in [2.05, 4.69) is 89.7 Å². The van der Waals surface area contributed by atoms with Gasteiger partial charge in [0.1, 0.15) is 52.4 Å². The SMILES string of the molecule is Cc1nc(C)nc(-c2ccc3c(c2)c2cc(-c4nc(C)nc(C)n4)ccc2n3-c2cc(-c3ccccc3C#N)c(-n3c4ccc(-c5nc(C)nc(C)n5)cc4c4cc(-c5nc(C)nc(C)n5)ccc43)cn2)n1. The van der Waals surface area contributed by atoms with E-state index >= 15 is 0 Å². The molecule has 0 bridgehead atoms. The van der Waals surface area contributed by atoms with E-state index in [4.69, 9.17) is 44.9 Å². The van der Waals surface area contributed by atoms with Gasteiger partial charge in [0.05, 0.1) is 45.6 Å². The number of hydrogen-bond donors (Lipinski definition) is 0. The van der Waals surface area contributed by atoms with Gasteiger partial charge in [0.15, 0.2) is 23.3 Å². The fourth-order valence-corrected chi connectivity index (χ4v) is 9.86. The lowest BCUT2D eigenvalue weighted by atomic mass is 9.99. The third-order valence-corrected chi connectivity index (χ3v) is 12.7. The lowest BCUT2D eigenvalue weighted by Crippen LogP contribution is -2.04. The molecule has 7 aromatic heterocycles.